The van der Waals surface area contributed by atoms with Crippen LogP contribution in [0.15, 0.2) is 88.9 Å². The molecule has 1 amide bonds. The lowest BCUT2D eigenvalue weighted by Crippen LogP contribution is -2.29. The second-order valence-corrected chi connectivity index (χ2v) is 7.92. The zero-order valence-corrected chi connectivity index (χ0v) is 17.4. The Balaban J connectivity index is 1.96. The average molecular weight is 469 g/mol. The van der Waals surface area contributed by atoms with E-state index in [-0.39, 0.29) is 11.3 Å². The highest BCUT2D eigenvalue weighted by atomic mass is 79.9. The summed E-state index contributed by atoms with van der Waals surface area (Å²) in [5.74, 6) is -1.65. The highest BCUT2D eigenvalue weighted by Gasteiger charge is 2.46. The second-order valence-electron chi connectivity index (χ2n) is 6.57. The third-order valence-electron chi connectivity index (χ3n) is 4.76. The van der Waals surface area contributed by atoms with E-state index >= 15 is 0 Å². The molecule has 1 aliphatic heterocycles. The molecule has 1 atom stereocenters. The summed E-state index contributed by atoms with van der Waals surface area (Å²) in [6, 6.07) is 22.0. The molecule has 0 radical (unpaired) electrons. The number of rotatable bonds is 3. The quantitative estimate of drug-likeness (QED) is 0.303. The van der Waals surface area contributed by atoms with E-state index in [0.717, 1.165) is 4.47 Å². The lowest BCUT2D eigenvalue weighted by Gasteiger charge is -2.25. The van der Waals surface area contributed by atoms with E-state index in [1.165, 1.54) is 4.90 Å². The zero-order chi connectivity index (χ0) is 20.5. The summed E-state index contributed by atoms with van der Waals surface area (Å²) in [5.41, 5.74) is 1.70. The number of anilines is 1. The van der Waals surface area contributed by atoms with Gasteiger partial charge in [-0.3, -0.25) is 14.5 Å². The molecule has 29 heavy (non-hydrogen) atoms. The molecule has 0 spiro atoms. The lowest BCUT2D eigenvalue weighted by atomic mass is 9.95. The van der Waals surface area contributed by atoms with Crippen LogP contribution in [0.3, 0.4) is 0 Å². The molecule has 6 heteroatoms. The molecule has 3 aromatic carbocycles. The Labute approximate surface area is 181 Å². The number of ketones is 1. The number of aliphatic hydroxyl groups excluding tert-OH is 1. The predicted molar refractivity (Wildman–Crippen MR) is 117 cm³/mol. The van der Waals surface area contributed by atoms with Gasteiger partial charge in [0.25, 0.3) is 11.7 Å². The molecule has 0 bridgehead atoms. The van der Waals surface area contributed by atoms with Gasteiger partial charge in [0.05, 0.1) is 11.6 Å². The number of hydrogen-bond donors (Lipinski definition) is 1. The number of benzene rings is 3. The van der Waals surface area contributed by atoms with Crippen molar-refractivity contribution in [2.75, 3.05) is 4.90 Å². The first-order valence-electron chi connectivity index (χ1n) is 8.85. The fourth-order valence-electron chi connectivity index (χ4n) is 3.44. The van der Waals surface area contributed by atoms with Gasteiger partial charge in [0.1, 0.15) is 5.76 Å². The van der Waals surface area contributed by atoms with Gasteiger partial charge in [0.2, 0.25) is 0 Å². The maximum Gasteiger partial charge on any atom is 0.300 e. The van der Waals surface area contributed by atoms with Crippen LogP contribution in [0.2, 0.25) is 5.02 Å². The van der Waals surface area contributed by atoms with Crippen molar-refractivity contribution in [3.63, 3.8) is 0 Å². The zero-order valence-electron chi connectivity index (χ0n) is 15.0. The average Bonchev–Trinajstić information content (AvgIpc) is 2.99. The minimum absolute atomic E-state index is 0.0449. The summed E-state index contributed by atoms with van der Waals surface area (Å²) in [7, 11) is 0. The monoisotopic (exact) mass is 467 g/mol. The van der Waals surface area contributed by atoms with Crippen LogP contribution in [0.1, 0.15) is 17.2 Å². The number of Topliss-reactive ketones (excluding diaryl/α,β-unsaturated/α-hetero) is 1. The fourth-order valence-corrected chi connectivity index (χ4v) is 3.89. The van der Waals surface area contributed by atoms with Gasteiger partial charge in [0.15, 0.2) is 0 Å². The van der Waals surface area contributed by atoms with Gasteiger partial charge in [0, 0.05) is 20.7 Å². The van der Waals surface area contributed by atoms with Crippen LogP contribution in [-0.2, 0) is 9.59 Å². The van der Waals surface area contributed by atoms with Crippen LogP contribution in [-0.4, -0.2) is 16.8 Å². The van der Waals surface area contributed by atoms with Crippen molar-refractivity contribution in [2.24, 2.45) is 0 Å². The van der Waals surface area contributed by atoms with Gasteiger partial charge in [-0.15, -0.1) is 0 Å². The number of halogens is 2. The SMILES string of the molecule is O=C1C(=O)N(c2cccc(Cl)c2)[C@H](c2ccc(Br)cc2)C1=C(O)c1ccccc1. The molecule has 1 saturated heterocycles. The van der Waals surface area contributed by atoms with Crippen LogP contribution >= 0.6 is 27.5 Å². The minimum Gasteiger partial charge on any atom is -0.507 e. The normalized spacial score (nSPS) is 18.3. The molecule has 1 N–H and O–H groups in total. The molecular weight excluding hydrogens is 454 g/mol. The molecule has 0 aliphatic carbocycles. The van der Waals surface area contributed by atoms with Crippen LogP contribution in [0.5, 0.6) is 0 Å². The van der Waals surface area contributed by atoms with Crippen molar-refractivity contribution >= 4 is 50.7 Å². The van der Waals surface area contributed by atoms with E-state index in [9.17, 15) is 14.7 Å². The summed E-state index contributed by atoms with van der Waals surface area (Å²) in [6.45, 7) is 0. The van der Waals surface area contributed by atoms with E-state index in [1.54, 1.807) is 48.5 Å². The number of hydrogen-bond acceptors (Lipinski definition) is 3. The van der Waals surface area contributed by atoms with Gasteiger partial charge in [-0.1, -0.05) is 76.1 Å². The Hall–Kier alpha value is -2.89. The second kappa shape index (κ2) is 7.85. The summed E-state index contributed by atoms with van der Waals surface area (Å²) in [4.78, 5) is 27.4. The first-order chi connectivity index (χ1) is 14.0. The van der Waals surface area contributed by atoms with E-state index in [2.05, 4.69) is 15.9 Å². The van der Waals surface area contributed by atoms with E-state index in [0.29, 0.717) is 21.8 Å². The largest absolute Gasteiger partial charge is 0.507 e. The Morgan fingerprint density at radius 1 is 0.931 bits per heavy atom. The molecule has 4 rings (SSSR count). The van der Waals surface area contributed by atoms with Crippen molar-refractivity contribution in [3.05, 3.63) is 105 Å². The van der Waals surface area contributed by atoms with Gasteiger partial charge in [-0.05, 0) is 35.9 Å². The number of nitrogens with zero attached hydrogens (tertiary/aromatic N) is 1. The van der Waals surface area contributed by atoms with E-state index < -0.39 is 17.7 Å². The summed E-state index contributed by atoms with van der Waals surface area (Å²) in [6.07, 6.45) is 0. The summed E-state index contributed by atoms with van der Waals surface area (Å²) >= 11 is 9.53. The first-order valence-corrected chi connectivity index (χ1v) is 10.0. The third kappa shape index (κ3) is 3.59. The Morgan fingerprint density at radius 2 is 1.62 bits per heavy atom. The number of aliphatic hydroxyl groups is 1. The van der Waals surface area contributed by atoms with Gasteiger partial charge >= 0.3 is 0 Å². The fraction of sp³-hybridized carbons (Fsp3) is 0.0435. The maximum atomic E-state index is 13.0. The summed E-state index contributed by atoms with van der Waals surface area (Å²) in [5, 5.41) is 11.4. The van der Waals surface area contributed by atoms with Crippen molar-refractivity contribution in [1.29, 1.82) is 0 Å². The smallest absolute Gasteiger partial charge is 0.300 e. The van der Waals surface area contributed by atoms with Gasteiger partial charge in [-0.2, -0.15) is 0 Å². The molecule has 4 nitrogen and oxygen atoms in total. The highest BCUT2D eigenvalue weighted by molar-refractivity contribution is 9.10. The highest BCUT2D eigenvalue weighted by Crippen LogP contribution is 2.42. The molecular formula is C23H15BrClNO3. The number of carbonyl (C=O) groups is 2. The number of amides is 1. The number of carbonyl (C=O) groups excluding carboxylic acids is 2. The molecule has 1 heterocycles. The molecule has 144 valence electrons. The minimum atomic E-state index is -0.776. The van der Waals surface area contributed by atoms with Crippen LogP contribution < -0.4 is 4.90 Å². The first kappa shape index (κ1) is 19.4. The van der Waals surface area contributed by atoms with Crippen LogP contribution in [0.25, 0.3) is 5.76 Å². The Morgan fingerprint density at radius 3 is 2.28 bits per heavy atom. The van der Waals surface area contributed by atoms with E-state index in [1.807, 2.05) is 30.3 Å². The summed E-state index contributed by atoms with van der Waals surface area (Å²) < 4.78 is 0.865. The lowest BCUT2D eigenvalue weighted by molar-refractivity contribution is -0.132. The molecule has 1 fully saturated rings. The molecule has 1 aliphatic rings. The molecule has 0 saturated carbocycles. The van der Waals surface area contributed by atoms with Crippen molar-refractivity contribution < 1.29 is 14.7 Å². The topological polar surface area (TPSA) is 57.6 Å². The van der Waals surface area contributed by atoms with Crippen molar-refractivity contribution in [1.82, 2.24) is 0 Å². The van der Waals surface area contributed by atoms with E-state index in [4.69, 9.17) is 11.6 Å². The third-order valence-corrected chi connectivity index (χ3v) is 5.53. The maximum absolute atomic E-state index is 13.0. The van der Waals surface area contributed by atoms with Crippen molar-refractivity contribution in [2.45, 2.75) is 6.04 Å². The van der Waals surface area contributed by atoms with Crippen molar-refractivity contribution in [3.8, 4) is 0 Å². The Kier molecular flexibility index (Phi) is 5.26. The molecule has 0 unspecified atom stereocenters. The van der Waals surface area contributed by atoms with Gasteiger partial charge in [-0.25, -0.2) is 0 Å². The van der Waals surface area contributed by atoms with Gasteiger partial charge < -0.3 is 5.11 Å². The molecule has 0 aromatic heterocycles. The van der Waals surface area contributed by atoms with Crippen LogP contribution in [0.4, 0.5) is 5.69 Å². The standard InChI is InChI=1S/C23H15BrClNO3/c24-16-11-9-14(10-12-16)20-19(21(27)15-5-2-1-3-6-15)22(28)23(29)26(20)18-8-4-7-17(25)13-18/h1-13,20,27H/t20-/m1/s1. The Bertz CT molecular complexity index is 1130. The predicted octanol–water partition coefficient (Wildman–Crippen LogP) is 5.73. The molecule has 3 aromatic rings. The van der Waals surface area contributed by atoms with Crippen LogP contribution in [0, 0.1) is 0 Å².